The van der Waals surface area contributed by atoms with E-state index in [2.05, 4.69) is 0 Å². The molecule has 0 aromatic carbocycles. The first-order valence-electron chi connectivity index (χ1n) is 1.92. The molecule has 0 aliphatic rings. The van der Waals surface area contributed by atoms with Crippen molar-refractivity contribution in [2.75, 3.05) is 0 Å². The van der Waals surface area contributed by atoms with Crippen molar-refractivity contribution in [1.29, 1.82) is 0 Å². The smallest absolute Gasteiger partial charge is 0.159 e. The normalized spacial score (nSPS) is 8.57. The Bertz CT molecular complexity index is 143. The van der Waals surface area contributed by atoms with E-state index >= 15 is 0 Å². The molecule has 1 heterocycles. The summed E-state index contributed by atoms with van der Waals surface area (Å²) >= 11 is 1.45. The maximum atomic E-state index is 9.88. The lowest BCUT2D eigenvalue weighted by Gasteiger charge is -1.66. The largest absolute Gasteiger partial charge is 0.297 e. The maximum Gasteiger partial charge on any atom is 0.159 e. The highest BCUT2D eigenvalue weighted by Crippen LogP contribution is 2.02. The first-order chi connectivity index (χ1) is 3.43. The number of hydrogen-bond donors (Lipinski definition) is 0. The van der Waals surface area contributed by atoms with Crippen molar-refractivity contribution in [2.45, 2.75) is 0 Å². The minimum absolute atomic E-state index is 0.792. The van der Waals surface area contributed by atoms with Crippen LogP contribution in [-0.4, -0.2) is 6.29 Å². The van der Waals surface area contributed by atoms with Crippen molar-refractivity contribution in [3.63, 3.8) is 0 Å². The number of aldehydes is 1. The molecule has 0 spiro atoms. The molecule has 0 fully saturated rings. The van der Waals surface area contributed by atoms with Gasteiger partial charge in [-0.25, -0.2) is 0 Å². The molecule has 0 saturated carbocycles. The Labute approximate surface area is 45.6 Å². The Morgan fingerprint density at radius 3 is 2.86 bits per heavy atom. The quantitative estimate of drug-likeness (QED) is 0.505. The van der Waals surface area contributed by atoms with Crippen LogP contribution < -0.4 is 0 Å². The van der Waals surface area contributed by atoms with Crippen LogP contribution in [0.1, 0.15) is 9.67 Å². The highest BCUT2D eigenvalue weighted by Gasteiger charge is 1.82. The summed E-state index contributed by atoms with van der Waals surface area (Å²) in [5.74, 6) is 0. The summed E-state index contributed by atoms with van der Waals surface area (Å²) in [5.41, 5.74) is 0. The van der Waals surface area contributed by atoms with Crippen molar-refractivity contribution in [3.05, 3.63) is 22.4 Å². The van der Waals surface area contributed by atoms with E-state index in [1.165, 1.54) is 11.3 Å². The Hall–Kier alpha value is -0.630. The van der Waals surface area contributed by atoms with Gasteiger partial charge in [0, 0.05) is 0 Å². The molecule has 36 valence electrons. The molecule has 0 amide bonds. The molecule has 7 heavy (non-hydrogen) atoms. The van der Waals surface area contributed by atoms with Crippen LogP contribution in [0.5, 0.6) is 0 Å². The van der Waals surface area contributed by atoms with Crippen molar-refractivity contribution >= 4 is 17.6 Å². The lowest BCUT2D eigenvalue weighted by atomic mass is 10.7. The molecule has 0 aliphatic heterocycles. The van der Waals surface area contributed by atoms with Gasteiger partial charge in [-0.15, -0.1) is 11.3 Å². The second kappa shape index (κ2) is 1.89. The van der Waals surface area contributed by atoms with Crippen molar-refractivity contribution in [3.8, 4) is 0 Å². The van der Waals surface area contributed by atoms with E-state index in [-0.39, 0.29) is 0 Å². The molecule has 1 nitrogen and oxygen atoms in total. The topological polar surface area (TPSA) is 17.1 Å². The predicted octanol–water partition coefficient (Wildman–Crippen LogP) is 1.56. The first-order valence-corrected chi connectivity index (χ1v) is 2.80. The maximum absolute atomic E-state index is 9.88. The van der Waals surface area contributed by atoms with E-state index in [9.17, 15) is 4.79 Å². The zero-order valence-electron chi connectivity index (χ0n) is 3.63. The van der Waals surface area contributed by atoms with Crippen LogP contribution in [0, 0.1) is 0 Å². The summed E-state index contributed by atoms with van der Waals surface area (Å²) < 4.78 is 0. The van der Waals surface area contributed by atoms with E-state index < -0.39 is 0 Å². The van der Waals surface area contributed by atoms with Gasteiger partial charge in [0.25, 0.3) is 0 Å². The molecular weight excluding hydrogens is 109 g/mol. The third kappa shape index (κ3) is 0.871. The first kappa shape index (κ1) is 4.53. The highest BCUT2D eigenvalue weighted by molar-refractivity contribution is 7.11. The van der Waals surface area contributed by atoms with Crippen molar-refractivity contribution in [1.82, 2.24) is 0 Å². The molecule has 1 aromatic heterocycles. The van der Waals surface area contributed by atoms with Gasteiger partial charge in [-0.05, 0) is 11.4 Å². The van der Waals surface area contributed by atoms with Crippen LogP contribution in [-0.2, 0) is 0 Å². The van der Waals surface area contributed by atoms with Gasteiger partial charge in [0.1, 0.15) is 0 Å². The molecule has 0 saturated heterocycles. The van der Waals surface area contributed by atoms with Gasteiger partial charge in [-0.1, -0.05) is 6.07 Å². The summed E-state index contributed by atoms with van der Waals surface area (Å²) in [7, 11) is 0. The number of rotatable bonds is 1. The number of carbonyl (C=O) groups is 1. The molecule has 0 unspecified atom stereocenters. The van der Waals surface area contributed by atoms with Gasteiger partial charge in [0.2, 0.25) is 0 Å². The summed E-state index contributed by atoms with van der Waals surface area (Å²) in [6, 6.07) is 3.64. The second-order valence-corrected chi connectivity index (χ2v) is 2.11. The predicted molar refractivity (Wildman–Crippen MR) is 29.7 cm³/mol. The molecule has 1 aromatic rings. The molecule has 0 radical (unpaired) electrons. The van der Waals surface area contributed by atoms with Crippen LogP contribution in [0.15, 0.2) is 17.5 Å². The van der Waals surface area contributed by atoms with Crippen LogP contribution in [0.25, 0.3) is 0 Å². The van der Waals surface area contributed by atoms with E-state index in [1.807, 2.05) is 11.4 Å². The van der Waals surface area contributed by atoms with Gasteiger partial charge < -0.3 is 0 Å². The zero-order valence-corrected chi connectivity index (χ0v) is 4.44. The molecule has 1 rings (SSSR count). The Morgan fingerprint density at radius 1 is 1.71 bits per heavy atom. The van der Waals surface area contributed by atoms with Gasteiger partial charge in [0.15, 0.2) is 6.29 Å². The Balaban J connectivity index is 2.96. The van der Waals surface area contributed by atoms with Gasteiger partial charge in [-0.2, -0.15) is 0 Å². The fourth-order valence-corrected chi connectivity index (χ4v) is 0.885. The average Bonchev–Trinajstić information content (AvgIpc) is 2.14. The monoisotopic (exact) mass is 113 g/mol. The zero-order chi connectivity index (χ0) is 5.11. The van der Waals surface area contributed by atoms with Crippen molar-refractivity contribution < 1.29 is 4.79 Å². The summed E-state index contributed by atoms with van der Waals surface area (Å²) in [5, 5.41) is 1.88. The molecular formula is C5H4OS. The molecule has 0 bridgehead atoms. The third-order valence-electron chi connectivity index (χ3n) is 0.659. The van der Waals surface area contributed by atoms with Gasteiger partial charge in [0.05, 0.1) is 4.88 Å². The molecule has 0 aliphatic carbocycles. The van der Waals surface area contributed by atoms with Crippen molar-refractivity contribution in [2.24, 2.45) is 0 Å². The minimum atomic E-state index is 0.792. The van der Waals surface area contributed by atoms with Crippen LogP contribution in [0.2, 0.25) is 0 Å². The number of carbonyl (C=O) groups excluding carboxylic acids is 1. The van der Waals surface area contributed by atoms with E-state index in [1.54, 1.807) is 6.07 Å². The van der Waals surface area contributed by atoms with Crippen LogP contribution in [0.3, 0.4) is 0 Å². The number of hydrogen-bond acceptors (Lipinski definition) is 2. The fraction of sp³-hybridized carbons (Fsp3) is 0. The van der Waals surface area contributed by atoms with Gasteiger partial charge in [-0.3, -0.25) is 4.79 Å². The average molecular weight is 113 g/mol. The van der Waals surface area contributed by atoms with E-state index in [4.69, 9.17) is 0 Å². The van der Waals surface area contributed by atoms with E-state index in [0.717, 1.165) is 11.2 Å². The molecule has 0 atom stereocenters. The summed E-state index contributed by atoms with van der Waals surface area (Å²) in [6.07, 6.45) is 0.852. The highest BCUT2D eigenvalue weighted by atomic mass is 32.1. The molecule has 2 heteroatoms. The second-order valence-electron chi connectivity index (χ2n) is 1.13. The standard InChI is InChI=1S/C5H4OS/c6-4-5-2-1-3-7-5/h1-4H/i5+1. The third-order valence-corrected chi connectivity index (χ3v) is 1.46. The SMILES string of the molecule is O=C[13c]1cccs1. The lowest BCUT2D eigenvalue weighted by Crippen LogP contribution is -1.61. The van der Waals surface area contributed by atoms with Crippen LogP contribution >= 0.6 is 11.3 Å². The van der Waals surface area contributed by atoms with E-state index in [0.29, 0.717) is 0 Å². The minimum Gasteiger partial charge on any atom is -0.297 e. The summed E-state index contributed by atoms with van der Waals surface area (Å²) in [6.45, 7) is 0. The number of thiophene rings is 1. The lowest BCUT2D eigenvalue weighted by molar-refractivity contribution is 0.112. The van der Waals surface area contributed by atoms with Crippen LogP contribution in [0.4, 0.5) is 0 Å². The Kier molecular flexibility index (Phi) is 1.22. The van der Waals surface area contributed by atoms with Gasteiger partial charge >= 0.3 is 0 Å². The Morgan fingerprint density at radius 2 is 2.57 bits per heavy atom. The summed E-state index contributed by atoms with van der Waals surface area (Å²) in [4.78, 5) is 10.7. The fourth-order valence-electron chi connectivity index (χ4n) is 0.358. The molecule has 0 N–H and O–H groups in total.